The molecule has 0 aliphatic rings. The number of nitrogens with two attached hydrogens (primary N) is 1. The molecule has 0 aromatic rings. The Kier molecular flexibility index (Phi) is 8.24. The summed E-state index contributed by atoms with van der Waals surface area (Å²) in [6.45, 7) is 2.56. The number of carbonyl (C=O) groups excluding carboxylic acids is 1. The molecule has 1 atom stereocenters. The standard InChI is InChI=1S/C9H19NO2S/c1-3-4-6-12-9(11)8(10)5-7-13-2/h8H,3-7,10H2,1-2H3. The van der Waals surface area contributed by atoms with Gasteiger partial charge in [-0.25, -0.2) is 0 Å². The number of rotatable bonds is 7. The minimum atomic E-state index is -0.440. The van der Waals surface area contributed by atoms with Crippen LogP contribution in [0.25, 0.3) is 0 Å². The molecule has 0 amide bonds. The Balaban J connectivity index is 3.45. The van der Waals surface area contributed by atoms with Crippen molar-refractivity contribution in [3.8, 4) is 0 Å². The van der Waals surface area contributed by atoms with Gasteiger partial charge in [-0.15, -0.1) is 0 Å². The first kappa shape index (κ1) is 12.8. The predicted octanol–water partition coefficient (Wildman–Crippen LogP) is 1.41. The Labute approximate surface area is 84.4 Å². The summed E-state index contributed by atoms with van der Waals surface area (Å²) < 4.78 is 4.97. The molecule has 0 heterocycles. The summed E-state index contributed by atoms with van der Waals surface area (Å²) in [6.07, 6.45) is 4.65. The van der Waals surface area contributed by atoms with Crippen LogP contribution >= 0.6 is 11.8 Å². The molecule has 0 fully saturated rings. The monoisotopic (exact) mass is 205 g/mol. The van der Waals surface area contributed by atoms with E-state index in [9.17, 15) is 4.79 Å². The van der Waals surface area contributed by atoms with Gasteiger partial charge in [0, 0.05) is 0 Å². The maximum absolute atomic E-state index is 11.2. The Morgan fingerprint density at radius 1 is 1.62 bits per heavy atom. The summed E-state index contributed by atoms with van der Waals surface area (Å²) >= 11 is 1.69. The second-order valence-corrected chi connectivity index (χ2v) is 3.89. The molecule has 0 radical (unpaired) electrons. The van der Waals surface area contributed by atoms with Crippen molar-refractivity contribution < 1.29 is 9.53 Å². The highest BCUT2D eigenvalue weighted by molar-refractivity contribution is 7.98. The molecule has 0 aromatic heterocycles. The number of thioether (sulfide) groups is 1. The Hall–Kier alpha value is -0.220. The summed E-state index contributed by atoms with van der Waals surface area (Å²) in [5.41, 5.74) is 5.60. The van der Waals surface area contributed by atoms with Crippen LogP contribution in [0.4, 0.5) is 0 Å². The molecule has 1 unspecified atom stereocenters. The third-order valence-electron chi connectivity index (χ3n) is 1.68. The third kappa shape index (κ3) is 6.90. The second-order valence-electron chi connectivity index (χ2n) is 2.91. The lowest BCUT2D eigenvalue weighted by atomic mass is 10.2. The molecule has 3 nitrogen and oxygen atoms in total. The first-order valence-corrected chi connectivity index (χ1v) is 6.03. The molecule has 4 heteroatoms. The summed E-state index contributed by atoms with van der Waals surface area (Å²) in [6, 6.07) is -0.440. The van der Waals surface area contributed by atoms with Crippen molar-refractivity contribution >= 4 is 17.7 Å². The van der Waals surface area contributed by atoms with E-state index in [-0.39, 0.29) is 5.97 Å². The van der Waals surface area contributed by atoms with Gasteiger partial charge in [0.2, 0.25) is 0 Å². The van der Waals surface area contributed by atoms with Crippen molar-refractivity contribution in [1.82, 2.24) is 0 Å². The van der Waals surface area contributed by atoms with E-state index in [4.69, 9.17) is 10.5 Å². The van der Waals surface area contributed by atoms with Crippen LogP contribution in [0.5, 0.6) is 0 Å². The fraction of sp³-hybridized carbons (Fsp3) is 0.889. The minimum absolute atomic E-state index is 0.262. The van der Waals surface area contributed by atoms with Crippen LogP contribution in [0, 0.1) is 0 Å². The van der Waals surface area contributed by atoms with Crippen molar-refractivity contribution in [1.29, 1.82) is 0 Å². The Bertz CT molecular complexity index is 142. The van der Waals surface area contributed by atoms with Crippen molar-refractivity contribution in [2.45, 2.75) is 32.2 Å². The quantitative estimate of drug-likeness (QED) is 0.504. The van der Waals surface area contributed by atoms with Gasteiger partial charge < -0.3 is 10.5 Å². The maximum atomic E-state index is 11.2. The van der Waals surface area contributed by atoms with Gasteiger partial charge in [0.25, 0.3) is 0 Å². The number of hydrogen-bond donors (Lipinski definition) is 1. The molecule has 78 valence electrons. The molecular formula is C9H19NO2S. The number of ether oxygens (including phenoxy) is 1. The van der Waals surface area contributed by atoms with Crippen LogP contribution in [-0.4, -0.2) is 30.6 Å². The van der Waals surface area contributed by atoms with Gasteiger partial charge in [-0.1, -0.05) is 13.3 Å². The normalized spacial score (nSPS) is 12.5. The number of carbonyl (C=O) groups is 1. The van der Waals surface area contributed by atoms with E-state index >= 15 is 0 Å². The summed E-state index contributed by atoms with van der Waals surface area (Å²) in [5, 5.41) is 0. The average molecular weight is 205 g/mol. The zero-order valence-electron chi connectivity index (χ0n) is 8.41. The second kappa shape index (κ2) is 8.38. The first-order chi connectivity index (χ1) is 6.22. The molecule has 0 spiro atoms. The lowest BCUT2D eigenvalue weighted by Gasteiger charge is -2.09. The highest BCUT2D eigenvalue weighted by Crippen LogP contribution is 2.00. The molecular weight excluding hydrogens is 186 g/mol. The largest absolute Gasteiger partial charge is 0.465 e. The molecule has 13 heavy (non-hydrogen) atoms. The summed E-state index contributed by atoms with van der Waals surface area (Å²) in [7, 11) is 0. The minimum Gasteiger partial charge on any atom is -0.465 e. The zero-order chi connectivity index (χ0) is 10.1. The van der Waals surface area contributed by atoms with E-state index in [1.54, 1.807) is 11.8 Å². The fourth-order valence-electron chi connectivity index (χ4n) is 0.787. The summed E-state index contributed by atoms with van der Waals surface area (Å²) in [5.74, 6) is 0.645. The lowest BCUT2D eigenvalue weighted by molar-refractivity contribution is -0.145. The van der Waals surface area contributed by atoms with Crippen molar-refractivity contribution in [3.05, 3.63) is 0 Å². The van der Waals surface area contributed by atoms with Gasteiger partial charge >= 0.3 is 5.97 Å². The highest BCUT2D eigenvalue weighted by atomic mass is 32.2. The van der Waals surface area contributed by atoms with Crippen molar-refractivity contribution in [2.24, 2.45) is 5.73 Å². The van der Waals surface area contributed by atoms with Gasteiger partial charge in [-0.2, -0.15) is 11.8 Å². The molecule has 0 rings (SSSR count). The van der Waals surface area contributed by atoms with Crippen LogP contribution in [0.15, 0.2) is 0 Å². The van der Waals surface area contributed by atoms with E-state index in [1.807, 2.05) is 6.26 Å². The highest BCUT2D eigenvalue weighted by Gasteiger charge is 2.13. The van der Waals surface area contributed by atoms with E-state index < -0.39 is 6.04 Å². The Morgan fingerprint density at radius 2 is 2.31 bits per heavy atom. The molecule has 0 aliphatic heterocycles. The topological polar surface area (TPSA) is 52.3 Å². The van der Waals surface area contributed by atoms with E-state index in [0.717, 1.165) is 18.6 Å². The van der Waals surface area contributed by atoms with Crippen molar-refractivity contribution in [2.75, 3.05) is 18.6 Å². The van der Waals surface area contributed by atoms with Crippen LogP contribution in [0.2, 0.25) is 0 Å². The summed E-state index contributed by atoms with van der Waals surface area (Å²) in [4.78, 5) is 11.2. The van der Waals surface area contributed by atoms with Crippen molar-refractivity contribution in [3.63, 3.8) is 0 Å². The van der Waals surface area contributed by atoms with Gasteiger partial charge in [-0.05, 0) is 24.9 Å². The van der Waals surface area contributed by atoms with Gasteiger partial charge in [0.05, 0.1) is 6.61 Å². The Morgan fingerprint density at radius 3 is 2.85 bits per heavy atom. The van der Waals surface area contributed by atoms with E-state index in [2.05, 4.69) is 6.92 Å². The lowest BCUT2D eigenvalue weighted by Crippen LogP contribution is -2.33. The number of esters is 1. The van der Waals surface area contributed by atoms with E-state index in [0.29, 0.717) is 13.0 Å². The zero-order valence-corrected chi connectivity index (χ0v) is 9.23. The van der Waals surface area contributed by atoms with E-state index in [1.165, 1.54) is 0 Å². The van der Waals surface area contributed by atoms with Gasteiger partial charge in [0.1, 0.15) is 6.04 Å². The SMILES string of the molecule is CCCCOC(=O)C(N)CCSC. The molecule has 0 saturated heterocycles. The number of hydrogen-bond acceptors (Lipinski definition) is 4. The predicted molar refractivity (Wildman–Crippen MR) is 56.8 cm³/mol. The van der Waals surface area contributed by atoms with Crippen LogP contribution in [-0.2, 0) is 9.53 Å². The third-order valence-corrected chi connectivity index (χ3v) is 2.32. The smallest absolute Gasteiger partial charge is 0.322 e. The van der Waals surface area contributed by atoms with Crippen LogP contribution in [0.3, 0.4) is 0 Å². The first-order valence-electron chi connectivity index (χ1n) is 4.63. The molecule has 0 aliphatic carbocycles. The van der Waals surface area contributed by atoms with Crippen LogP contribution in [0.1, 0.15) is 26.2 Å². The fourth-order valence-corrected chi connectivity index (χ4v) is 1.28. The molecule has 2 N–H and O–H groups in total. The molecule has 0 bridgehead atoms. The maximum Gasteiger partial charge on any atom is 0.322 e. The molecule has 0 saturated carbocycles. The van der Waals surface area contributed by atoms with Crippen LogP contribution < -0.4 is 5.73 Å². The van der Waals surface area contributed by atoms with Gasteiger partial charge in [-0.3, -0.25) is 4.79 Å². The van der Waals surface area contributed by atoms with Gasteiger partial charge in [0.15, 0.2) is 0 Å². The number of unbranched alkanes of at least 4 members (excludes halogenated alkanes) is 1. The molecule has 0 aromatic carbocycles. The average Bonchev–Trinajstić information content (AvgIpc) is 2.14.